The summed E-state index contributed by atoms with van der Waals surface area (Å²) in [6.07, 6.45) is 1.26. The number of rotatable bonds is 5. The Balaban J connectivity index is 1.58. The molecule has 0 fully saturated rings. The zero-order chi connectivity index (χ0) is 24.8. The fourth-order valence-electron chi connectivity index (χ4n) is 5.09. The Hall–Kier alpha value is -4.26. The lowest BCUT2D eigenvalue weighted by molar-refractivity contribution is 0.223. The van der Waals surface area contributed by atoms with Crippen LogP contribution in [0.3, 0.4) is 0 Å². The van der Waals surface area contributed by atoms with E-state index in [1.54, 1.807) is 20.5 Å². The molecule has 2 atom stereocenters. The van der Waals surface area contributed by atoms with Crippen LogP contribution in [0, 0.1) is 0 Å². The van der Waals surface area contributed by atoms with Gasteiger partial charge in [-0.1, -0.05) is 56.3 Å². The lowest BCUT2D eigenvalue weighted by Crippen LogP contribution is -2.32. The highest BCUT2D eigenvalue weighted by molar-refractivity contribution is 5.85. The smallest absolute Gasteiger partial charge is 0.226 e. The minimum absolute atomic E-state index is 0.262. The Kier molecular flexibility index (Phi) is 5.40. The van der Waals surface area contributed by atoms with Crippen molar-refractivity contribution in [1.29, 1.82) is 0 Å². The van der Waals surface area contributed by atoms with Crippen LogP contribution in [0.2, 0.25) is 0 Å². The average molecular weight is 481 g/mol. The quantitative estimate of drug-likeness (QED) is 0.379. The maximum absolute atomic E-state index is 6.72. The molecule has 2 aliphatic rings. The van der Waals surface area contributed by atoms with Crippen LogP contribution in [0.25, 0.3) is 5.70 Å². The van der Waals surface area contributed by atoms with E-state index < -0.39 is 0 Å². The van der Waals surface area contributed by atoms with Gasteiger partial charge in [-0.05, 0) is 46.9 Å². The minimum Gasteiger partial charge on any atom is -0.493 e. The van der Waals surface area contributed by atoms with Crippen molar-refractivity contribution in [2.75, 3.05) is 19.5 Å². The van der Waals surface area contributed by atoms with Gasteiger partial charge in [-0.15, -0.1) is 0 Å². The summed E-state index contributed by atoms with van der Waals surface area (Å²) in [5, 5.41) is 8.15. The summed E-state index contributed by atoms with van der Waals surface area (Å²) >= 11 is 0. The van der Waals surface area contributed by atoms with E-state index in [2.05, 4.69) is 59.6 Å². The van der Waals surface area contributed by atoms with E-state index in [-0.39, 0.29) is 12.1 Å². The second kappa shape index (κ2) is 8.75. The van der Waals surface area contributed by atoms with E-state index in [1.165, 1.54) is 5.56 Å². The van der Waals surface area contributed by atoms with Crippen molar-refractivity contribution < 1.29 is 14.2 Å². The Morgan fingerprint density at radius 1 is 0.917 bits per heavy atom. The SMILES string of the molecule is COc1ccc([C@@H]2C3=C(Nc4ncnn42)c2ccccc2O[C@H]3c2ccc(C(C)C)cc2)cc1OC. The first kappa shape index (κ1) is 22.2. The number of para-hydroxylation sites is 1. The van der Waals surface area contributed by atoms with Crippen molar-refractivity contribution in [3.8, 4) is 17.2 Å². The van der Waals surface area contributed by atoms with Gasteiger partial charge in [0.15, 0.2) is 11.5 Å². The van der Waals surface area contributed by atoms with E-state index in [0.717, 1.165) is 33.7 Å². The van der Waals surface area contributed by atoms with Crippen molar-refractivity contribution >= 4 is 11.6 Å². The second-order valence-corrected chi connectivity index (χ2v) is 9.32. The van der Waals surface area contributed by atoms with Gasteiger partial charge in [-0.25, -0.2) is 4.68 Å². The van der Waals surface area contributed by atoms with Gasteiger partial charge < -0.3 is 19.5 Å². The third-order valence-electron chi connectivity index (χ3n) is 6.95. The van der Waals surface area contributed by atoms with E-state index in [9.17, 15) is 0 Å². The topological polar surface area (TPSA) is 70.4 Å². The summed E-state index contributed by atoms with van der Waals surface area (Å²) in [4.78, 5) is 4.51. The molecule has 4 aromatic rings. The van der Waals surface area contributed by atoms with Crippen LogP contribution in [-0.4, -0.2) is 29.0 Å². The number of fused-ring (bicyclic) bond motifs is 3. The van der Waals surface area contributed by atoms with Crippen LogP contribution in [0.15, 0.2) is 78.6 Å². The molecule has 0 saturated carbocycles. The van der Waals surface area contributed by atoms with Gasteiger partial charge in [-0.2, -0.15) is 10.1 Å². The Labute approximate surface area is 210 Å². The molecule has 7 nitrogen and oxygen atoms in total. The number of benzene rings is 3. The van der Waals surface area contributed by atoms with Crippen LogP contribution in [0.1, 0.15) is 54.2 Å². The summed E-state index contributed by atoms with van der Waals surface area (Å²) in [6, 6.07) is 22.5. The molecule has 182 valence electrons. The summed E-state index contributed by atoms with van der Waals surface area (Å²) in [7, 11) is 3.29. The molecule has 36 heavy (non-hydrogen) atoms. The Morgan fingerprint density at radius 2 is 1.67 bits per heavy atom. The molecule has 0 spiro atoms. The maximum atomic E-state index is 6.72. The van der Waals surface area contributed by atoms with Gasteiger partial charge in [0.05, 0.1) is 19.9 Å². The van der Waals surface area contributed by atoms with Crippen molar-refractivity contribution in [2.45, 2.75) is 31.9 Å². The predicted octanol–water partition coefficient (Wildman–Crippen LogP) is 5.98. The molecule has 3 heterocycles. The largest absolute Gasteiger partial charge is 0.493 e. The van der Waals surface area contributed by atoms with E-state index in [0.29, 0.717) is 23.4 Å². The van der Waals surface area contributed by atoms with Gasteiger partial charge in [-0.3, -0.25) is 0 Å². The van der Waals surface area contributed by atoms with Crippen LogP contribution >= 0.6 is 0 Å². The predicted molar refractivity (Wildman–Crippen MR) is 139 cm³/mol. The molecular weight excluding hydrogens is 452 g/mol. The average Bonchev–Trinajstić information content (AvgIpc) is 3.39. The third kappa shape index (κ3) is 3.50. The second-order valence-electron chi connectivity index (χ2n) is 9.32. The zero-order valence-electron chi connectivity index (χ0n) is 20.7. The minimum atomic E-state index is -0.320. The van der Waals surface area contributed by atoms with Crippen molar-refractivity contribution in [1.82, 2.24) is 14.8 Å². The number of anilines is 1. The number of aromatic nitrogens is 3. The summed E-state index contributed by atoms with van der Waals surface area (Å²) in [5.74, 6) is 3.30. The first-order valence-corrected chi connectivity index (χ1v) is 12.1. The summed E-state index contributed by atoms with van der Waals surface area (Å²) in [6.45, 7) is 4.40. The molecule has 0 radical (unpaired) electrons. The van der Waals surface area contributed by atoms with Crippen LogP contribution in [-0.2, 0) is 0 Å². The third-order valence-corrected chi connectivity index (χ3v) is 6.95. The molecule has 0 amide bonds. The highest BCUT2D eigenvalue weighted by Gasteiger charge is 2.41. The lowest BCUT2D eigenvalue weighted by Gasteiger charge is -2.39. The number of ether oxygens (including phenoxy) is 3. The highest BCUT2D eigenvalue weighted by atomic mass is 16.5. The van der Waals surface area contributed by atoms with Crippen LogP contribution in [0.5, 0.6) is 17.2 Å². The molecule has 1 N–H and O–H groups in total. The van der Waals surface area contributed by atoms with Gasteiger partial charge in [0.1, 0.15) is 24.2 Å². The van der Waals surface area contributed by atoms with E-state index in [1.807, 2.05) is 41.1 Å². The lowest BCUT2D eigenvalue weighted by atomic mass is 9.84. The zero-order valence-corrected chi connectivity index (χ0v) is 20.7. The van der Waals surface area contributed by atoms with E-state index >= 15 is 0 Å². The molecule has 6 rings (SSSR count). The molecule has 1 aromatic heterocycles. The monoisotopic (exact) mass is 480 g/mol. The molecule has 2 aliphatic heterocycles. The number of hydrogen-bond acceptors (Lipinski definition) is 6. The van der Waals surface area contributed by atoms with Gasteiger partial charge >= 0.3 is 0 Å². The maximum Gasteiger partial charge on any atom is 0.226 e. The number of nitrogens with one attached hydrogen (secondary N) is 1. The molecule has 3 aromatic carbocycles. The molecule has 0 unspecified atom stereocenters. The fourth-order valence-corrected chi connectivity index (χ4v) is 5.09. The number of nitrogens with zero attached hydrogens (tertiary/aromatic N) is 3. The van der Waals surface area contributed by atoms with Gasteiger partial charge in [0, 0.05) is 11.1 Å². The number of methoxy groups -OCH3 is 2. The van der Waals surface area contributed by atoms with Gasteiger partial charge in [0.25, 0.3) is 0 Å². The summed E-state index contributed by atoms with van der Waals surface area (Å²) in [5.41, 5.74) is 6.44. The normalized spacial score (nSPS) is 18.0. The van der Waals surface area contributed by atoms with Crippen LogP contribution < -0.4 is 19.5 Å². The summed E-state index contributed by atoms with van der Waals surface area (Å²) < 4.78 is 19.8. The highest BCUT2D eigenvalue weighted by Crippen LogP contribution is 2.51. The molecular formula is C29H28N4O3. The fraction of sp³-hybridized carbons (Fsp3) is 0.241. The van der Waals surface area contributed by atoms with E-state index in [4.69, 9.17) is 14.2 Å². The van der Waals surface area contributed by atoms with Crippen LogP contribution in [0.4, 0.5) is 5.95 Å². The first-order valence-electron chi connectivity index (χ1n) is 12.1. The Morgan fingerprint density at radius 3 is 2.42 bits per heavy atom. The molecule has 0 aliphatic carbocycles. The Bertz CT molecular complexity index is 1460. The number of hydrogen-bond donors (Lipinski definition) is 1. The van der Waals surface area contributed by atoms with Crippen molar-refractivity contribution in [3.05, 3.63) is 101 Å². The first-order chi connectivity index (χ1) is 17.6. The molecule has 0 bridgehead atoms. The molecule has 0 saturated heterocycles. The van der Waals surface area contributed by atoms with Gasteiger partial charge in [0.2, 0.25) is 5.95 Å². The standard InChI is InChI=1S/C29H28N4O3/c1-17(2)18-9-11-19(12-10-18)28-25-26(21-7-5-6-8-22(21)36-28)32-29-30-16-31-33(29)27(25)20-13-14-23(34-3)24(15-20)35-4/h5-17,27-28H,1-4H3,(H,30,31,32)/t27-,28+/m1/s1. The van der Waals surface area contributed by atoms with Crippen molar-refractivity contribution in [2.24, 2.45) is 0 Å². The molecule has 7 heteroatoms. The van der Waals surface area contributed by atoms with Crippen molar-refractivity contribution in [3.63, 3.8) is 0 Å².